The molecule has 0 bridgehead atoms. The van der Waals surface area contributed by atoms with E-state index in [1.54, 1.807) is 4.68 Å². The second-order valence-electron chi connectivity index (χ2n) is 4.51. The Morgan fingerprint density at radius 1 is 1.41 bits per heavy atom. The number of likely N-dealkylation sites (tertiary alicyclic amines) is 1. The van der Waals surface area contributed by atoms with Gasteiger partial charge in [-0.2, -0.15) is 5.10 Å². The molecule has 2 rings (SSSR count). The largest absolute Gasteiger partial charge is 0.338 e. The number of aromatic nitrogens is 2. The fraction of sp³-hybridized carbons (Fsp3) is 0.667. The van der Waals surface area contributed by atoms with Gasteiger partial charge in [0.15, 0.2) is 0 Å². The highest BCUT2D eigenvalue weighted by Gasteiger charge is 2.15. The molecule has 0 radical (unpaired) electrons. The topological polar surface area (TPSA) is 50.2 Å². The first-order valence-electron chi connectivity index (χ1n) is 6.27. The molecule has 5 nitrogen and oxygen atoms in total. The van der Waals surface area contributed by atoms with Gasteiger partial charge in [0, 0.05) is 39.3 Å². The summed E-state index contributed by atoms with van der Waals surface area (Å²) >= 11 is 0. The standard InChI is InChI=1S/C12H20N4O/c1-15-10-6-11(14-15)5-7-13-12(17)16-8-3-2-4-9-16/h6,10H,2-5,7-9H2,1H3,(H,13,17). The molecular weight excluding hydrogens is 216 g/mol. The Hall–Kier alpha value is -1.52. The van der Waals surface area contributed by atoms with Gasteiger partial charge in [-0.15, -0.1) is 0 Å². The minimum absolute atomic E-state index is 0.0700. The molecule has 17 heavy (non-hydrogen) atoms. The Morgan fingerprint density at radius 2 is 2.18 bits per heavy atom. The summed E-state index contributed by atoms with van der Waals surface area (Å²) in [5, 5.41) is 7.22. The molecule has 1 fully saturated rings. The highest BCUT2D eigenvalue weighted by atomic mass is 16.2. The number of rotatable bonds is 3. The molecule has 2 amide bonds. The van der Waals surface area contributed by atoms with Gasteiger partial charge in [0.25, 0.3) is 0 Å². The van der Waals surface area contributed by atoms with Crippen LogP contribution in [0.3, 0.4) is 0 Å². The zero-order chi connectivity index (χ0) is 12.1. The van der Waals surface area contributed by atoms with Crippen LogP contribution in [0.2, 0.25) is 0 Å². The van der Waals surface area contributed by atoms with Gasteiger partial charge in [-0.05, 0) is 25.3 Å². The van der Waals surface area contributed by atoms with Crippen LogP contribution in [0.25, 0.3) is 0 Å². The van der Waals surface area contributed by atoms with Crippen LogP contribution in [0, 0.1) is 0 Å². The third-order valence-electron chi connectivity index (χ3n) is 3.07. The van der Waals surface area contributed by atoms with Crippen molar-refractivity contribution >= 4 is 6.03 Å². The summed E-state index contributed by atoms with van der Waals surface area (Å²) in [4.78, 5) is 13.7. The van der Waals surface area contributed by atoms with E-state index in [1.165, 1.54) is 6.42 Å². The fourth-order valence-electron chi connectivity index (χ4n) is 2.10. The maximum atomic E-state index is 11.8. The number of nitrogens with one attached hydrogen (secondary N) is 1. The maximum absolute atomic E-state index is 11.8. The Bertz CT molecular complexity index is 368. The second-order valence-corrected chi connectivity index (χ2v) is 4.51. The van der Waals surface area contributed by atoms with E-state index in [2.05, 4.69) is 10.4 Å². The first kappa shape index (κ1) is 12.0. The molecule has 0 saturated carbocycles. The van der Waals surface area contributed by atoms with Gasteiger partial charge in [0.1, 0.15) is 0 Å². The molecule has 2 heterocycles. The minimum atomic E-state index is 0.0700. The lowest BCUT2D eigenvalue weighted by Crippen LogP contribution is -2.43. The molecule has 1 aliphatic rings. The molecule has 0 unspecified atom stereocenters. The number of amides is 2. The quantitative estimate of drug-likeness (QED) is 0.856. The molecule has 94 valence electrons. The van der Waals surface area contributed by atoms with Crippen molar-refractivity contribution in [3.8, 4) is 0 Å². The van der Waals surface area contributed by atoms with Crippen LogP contribution in [0.15, 0.2) is 12.3 Å². The lowest BCUT2D eigenvalue weighted by Gasteiger charge is -2.26. The van der Waals surface area contributed by atoms with Crippen molar-refractivity contribution < 1.29 is 4.79 Å². The van der Waals surface area contributed by atoms with Crippen LogP contribution < -0.4 is 5.32 Å². The number of carbonyl (C=O) groups is 1. The summed E-state index contributed by atoms with van der Waals surface area (Å²) in [6, 6.07) is 2.05. The Morgan fingerprint density at radius 3 is 2.82 bits per heavy atom. The number of nitrogens with zero attached hydrogens (tertiary/aromatic N) is 3. The highest BCUT2D eigenvalue weighted by molar-refractivity contribution is 5.74. The van der Waals surface area contributed by atoms with Gasteiger partial charge in [-0.1, -0.05) is 0 Å². The van der Waals surface area contributed by atoms with E-state index < -0.39 is 0 Å². The Labute approximate surface area is 102 Å². The van der Waals surface area contributed by atoms with E-state index in [1.807, 2.05) is 24.2 Å². The smallest absolute Gasteiger partial charge is 0.317 e. The summed E-state index contributed by atoms with van der Waals surface area (Å²) < 4.78 is 1.78. The van der Waals surface area contributed by atoms with Crippen molar-refractivity contribution in [3.63, 3.8) is 0 Å². The molecule has 1 aromatic heterocycles. The predicted molar refractivity (Wildman–Crippen MR) is 65.7 cm³/mol. The predicted octanol–water partition coefficient (Wildman–Crippen LogP) is 1.16. The van der Waals surface area contributed by atoms with Crippen LogP contribution in [0.1, 0.15) is 25.0 Å². The van der Waals surface area contributed by atoms with Crippen LogP contribution in [0.5, 0.6) is 0 Å². The third kappa shape index (κ3) is 3.47. The van der Waals surface area contributed by atoms with Crippen molar-refractivity contribution in [1.82, 2.24) is 20.0 Å². The average molecular weight is 236 g/mol. The third-order valence-corrected chi connectivity index (χ3v) is 3.07. The molecular formula is C12H20N4O. The molecule has 1 aromatic rings. The normalized spacial score (nSPS) is 15.9. The molecule has 1 aliphatic heterocycles. The number of hydrogen-bond acceptors (Lipinski definition) is 2. The van der Waals surface area contributed by atoms with Crippen LogP contribution in [-0.4, -0.2) is 40.3 Å². The number of hydrogen-bond donors (Lipinski definition) is 1. The van der Waals surface area contributed by atoms with Crippen molar-refractivity contribution in [1.29, 1.82) is 0 Å². The molecule has 0 aliphatic carbocycles. The van der Waals surface area contributed by atoms with E-state index in [4.69, 9.17) is 0 Å². The number of piperidine rings is 1. The van der Waals surface area contributed by atoms with E-state index in [0.29, 0.717) is 6.54 Å². The van der Waals surface area contributed by atoms with Crippen LogP contribution >= 0.6 is 0 Å². The van der Waals surface area contributed by atoms with Gasteiger partial charge in [0.05, 0.1) is 5.69 Å². The SMILES string of the molecule is Cn1ccc(CCNC(=O)N2CCCCC2)n1. The van der Waals surface area contributed by atoms with Crippen LogP contribution in [-0.2, 0) is 13.5 Å². The van der Waals surface area contributed by atoms with Crippen LogP contribution in [0.4, 0.5) is 4.79 Å². The maximum Gasteiger partial charge on any atom is 0.317 e. The first-order chi connectivity index (χ1) is 8.25. The summed E-state index contributed by atoms with van der Waals surface area (Å²) in [6.07, 6.45) is 6.22. The van der Waals surface area contributed by atoms with E-state index in [0.717, 1.165) is 38.0 Å². The lowest BCUT2D eigenvalue weighted by molar-refractivity contribution is 0.186. The molecule has 1 N–H and O–H groups in total. The van der Waals surface area contributed by atoms with E-state index >= 15 is 0 Å². The second kappa shape index (κ2) is 5.70. The molecule has 0 aromatic carbocycles. The number of aryl methyl sites for hydroxylation is 1. The van der Waals surface area contributed by atoms with Crippen molar-refractivity contribution in [2.45, 2.75) is 25.7 Å². The van der Waals surface area contributed by atoms with Gasteiger partial charge in [-0.3, -0.25) is 4.68 Å². The molecule has 0 spiro atoms. The van der Waals surface area contributed by atoms with Gasteiger partial charge in [0.2, 0.25) is 0 Å². The summed E-state index contributed by atoms with van der Waals surface area (Å²) in [6.45, 7) is 2.46. The van der Waals surface area contributed by atoms with Gasteiger partial charge >= 0.3 is 6.03 Å². The molecule has 0 atom stereocenters. The van der Waals surface area contributed by atoms with Crippen molar-refractivity contribution in [2.75, 3.05) is 19.6 Å². The summed E-state index contributed by atoms with van der Waals surface area (Å²) in [5.74, 6) is 0. The average Bonchev–Trinajstić information content (AvgIpc) is 2.76. The van der Waals surface area contributed by atoms with Gasteiger partial charge in [-0.25, -0.2) is 4.79 Å². The molecule has 5 heteroatoms. The summed E-state index contributed by atoms with van der Waals surface area (Å²) in [7, 11) is 1.90. The fourth-order valence-corrected chi connectivity index (χ4v) is 2.10. The Balaban J connectivity index is 1.69. The number of urea groups is 1. The highest BCUT2D eigenvalue weighted by Crippen LogP contribution is 2.08. The van der Waals surface area contributed by atoms with Crippen molar-refractivity contribution in [2.24, 2.45) is 7.05 Å². The number of carbonyl (C=O) groups excluding carboxylic acids is 1. The summed E-state index contributed by atoms with van der Waals surface area (Å²) in [5.41, 5.74) is 1.02. The van der Waals surface area contributed by atoms with E-state index in [-0.39, 0.29) is 6.03 Å². The van der Waals surface area contributed by atoms with Gasteiger partial charge < -0.3 is 10.2 Å². The van der Waals surface area contributed by atoms with E-state index in [9.17, 15) is 4.79 Å². The lowest BCUT2D eigenvalue weighted by atomic mass is 10.1. The zero-order valence-electron chi connectivity index (χ0n) is 10.4. The Kier molecular flexibility index (Phi) is 4.01. The monoisotopic (exact) mass is 236 g/mol. The molecule has 1 saturated heterocycles. The first-order valence-corrected chi connectivity index (χ1v) is 6.27. The van der Waals surface area contributed by atoms with Crippen molar-refractivity contribution in [3.05, 3.63) is 18.0 Å². The zero-order valence-corrected chi connectivity index (χ0v) is 10.4. The minimum Gasteiger partial charge on any atom is -0.338 e.